The van der Waals surface area contributed by atoms with Crippen LogP contribution in [-0.2, 0) is 4.79 Å². The van der Waals surface area contributed by atoms with Gasteiger partial charge in [0.05, 0.1) is 0 Å². The summed E-state index contributed by atoms with van der Waals surface area (Å²) in [5.41, 5.74) is 7.99. The van der Waals surface area contributed by atoms with Gasteiger partial charge >= 0.3 is 0 Å². The lowest BCUT2D eigenvalue weighted by molar-refractivity contribution is -0.104. The first-order valence-corrected chi connectivity index (χ1v) is 2.11. The second-order valence-corrected chi connectivity index (χ2v) is 1.28. The van der Waals surface area contributed by atoms with Crippen LogP contribution in [0.4, 0.5) is 0 Å². The summed E-state index contributed by atoms with van der Waals surface area (Å²) in [7, 11) is 0. The zero-order valence-electron chi connectivity index (χ0n) is 4.74. The maximum absolute atomic E-state index is 9.88. The molecule has 0 saturated heterocycles. The van der Waals surface area contributed by atoms with Crippen molar-refractivity contribution in [3.05, 3.63) is 34.9 Å². The van der Waals surface area contributed by atoms with E-state index in [9.17, 15) is 4.79 Å². The first kappa shape index (κ1) is 7.46. The van der Waals surface area contributed by atoms with Gasteiger partial charge in [-0.05, 0) is 5.53 Å². The van der Waals surface area contributed by atoms with Gasteiger partial charge in [0.25, 0.3) is 0 Å². The zero-order chi connectivity index (χ0) is 7.28. The van der Waals surface area contributed by atoms with Crippen LogP contribution in [0.15, 0.2) is 29.5 Å². The molecule has 4 nitrogen and oxygen atoms in total. The molecule has 0 aromatic heterocycles. The third-order valence-electron chi connectivity index (χ3n) is 0.678. The van der Waals surface area contributed by atoms with Crippen molar-refractivity contribution >= 4 is 6.29 Å². The molecule has 0 saturated carbocycles. The number of hydrogen-bond acceptors (Lipinski definition) is 2. The number of allylic oxidation sites excluding steroid dienone is 1. The van der Waals surface area contributed by atoms with E-state index in [1.807, 2.05) is 0 Å². The van der Waals surface area contributed by atoms with Gasteiger partial charge in [-0.25, -0.2) is 0 Å². The minimum Gasteiger partial charge on any atom is -0.298 e. The lowest BCUT2D eigenvalue weighted by Crippen LogP contribution is -1.80. The van der Waals surface area contributed by atoms with Crippen LogP contribution in [0, 0.1) is 0 Å². The molecule has 0 amide bonds. The molecule has 0 fully saturated rings. The summed E-state index contributed by atoms with van der Waals surface area (Å²) < 4.78 is 0. The molecule has 0 aliphatic carbocycles. The molecular formula is C5H5N3O. The van der Waals surface area contributed by atoms with Crippen molar-refractivity contribution in [3.8, 4) is 0 Å². The summed E-state index contributed by atoms with van der Waals surface area (Å²) in [5, 5.41) is 3.05. The molecule has 0 bridgehead atoms. The molecule has 0 unspecified atom stereocenters. The summed E-state index contributed by atoms with van der Waals surface area (Å²) in [5.74, 6) is 0. The maximum atomic E-state index is 9.88. The first-order valence-electron chi connectivity index (χ1n) is 2.11. The molecule has 0 radical (unpaired) electrons. The van der Waals surface area contributed by atoms with Crippen molar-refractivity contribution < 1.29 is 4.79 Å². The van der Waals surface area contributed by atoms with Gasteiger partial charge in [0.15, 0.2) is 0 Å². The van der Waals surface area contributed by atoms with E-state index >= 15 is 0 Å². The Balaban J connectivity index is 4.21. The number of rotatable bonds is 3. The average Bonchev–Trinajstić information content (AvgIpc) is 1.87. The number of azide groups is 1. The molecule has 0 spiro atoms. The Bertz CT molecular complexity index is 200. The van der Waals surface area contributed by atoms with Gasteiger partial charge in [0.2, 0.25) is 0 Å². The fourth-order valence-electron chi connectivity index (χ4n) is 0.186. The molecule has 9 heavy (non-hydrogen) atoms. The van der Waals surface area contributed by atoms with E-state index in [0.717, 1.165) is 0 Å². The van der Waals surface area contributed by atoms with Gasteiger partial charge in [-0.2, -0.15) is 0 Å². The molecule has 0 aromatic rings. The molecule has 0 heterocycles. The van der Waals surface area contributed by atoms with Crippen molar-refractivity contribution in [3.63, 3.8) is 0 Å². The quantitative estimate of drug-likeness (QED) is 0.140. The van der Waals surface area contributed by atoms with Crippen molar-refractivity contribution in [2.75, 3.05) is 0 Å². The third-order valence-corrected chi connectivity index (χ3v) is 0.678. The second kappa shape index (κ2) is 3.46. The molecule has 0 rings (SSSR count). The average molecular weight is 123 g/mol. The van der Waals surface area contributed by atoms with Crippen molar-refractivity contribution in [1.29, 1.82) is 0 Å². The lowest BCUT2D eigenvalue weighted by Gasteiger charge is -1.88. The first-order chi connectivity index (χ1) is 4.22. The Morgan fingerprint density at radius 3 is 2.56 bits per heavy atom. The van der Waals surface area contributed by atoms with Crippen LogP contribution in [0.1, 0.15) is 0 Å². The van der Waals surface area contributed by atoms with Crippen LogP contribution in [0.25, 0.3) is 10.4 Å². The molecular weight excluding hydrogens is 118 g/mol. The van der Waals surface area contributed by atoms with Crippen LogP contribution in [-0.4, -0.2) is 6.29 Å². The van der Waals surface area contributed by atoms with Crippen molar-refractivity contribution in [1.82, 2.24) is 0 Å². The summed E-state index contributed by atoms with van der Waals surface area (Å²) in [6.45, 7) is 6.52. The number of nitrogens with zero attached hydrogens (tertiary/aromatic N) is 3. The van der Waals surface area contributed by atoms with Gasteiger partial charge in [-0.3, -0.25) is 4.79 Å². The van der Waals surface area contributed by atoms with Crippen molar-refractivity contribution in [2.24, 2.45) is 5.11 Å². The number of carbonyl (C=O) groups is 1. The Morgan fingerprint density at radius 2 is 2.22 bits per heavy atom. The standard InChI is InChI=1S/C5H5N3O/c1-4(3-9)5(2)7-8-6/h3H,1-2H2. The summed E-state index contributed by atoms with van der Waals surface area (Å²) in [4.78, 5) is 12.3. The minimum absolute atomic E-state index is 0.0625. The normalized spacial score (nSPS) is 7.11. The highest BCUT2D eigenvalue weighted by Gasteiger charge is 1.91. The summed E-state index contributed by atoms with van der Waals surface area (Å²) in [6, 6.07) is 0. The van der Waals surface area contributed by atoms with Gasteiger partial charge in [-0.15, -0.1) is 0 Å². The van der Waals surface area contributed by atoms with Gasteiger partial charge in [0, 0.05) is 16.2 Å². The smallest absolute Gasteiger partial charge is 0.149 e. The van der Waals surface area contributed by atoms with E-state index in [-0.39, 0.29) is 11.3 Å². The topological polar surface area (TPSA) is 65.8 Å². The maximum Gasteiger partial charge on any atom is 0.149 e. The Hall–Kier alpha value is -1.54. The Kier molecular flexibility index (Phi) is 2.87. The van der Waals surface area contributed by atoms with Gasteiger partial charge in [-0.1, -0.05) is 18.3 Å². The Labute approximate surface area is 52.1 Å². The number of hydrogen-bond donors (Lipinski definition) is 0. The number of carbonyl (C=O) groups excluding carboxylic acids is 1. The summed E-state index contributed by atoms with van der Waals surface area (Å²) >= 11 is 0. The predicted molar refractivity (Wildman–Crippen MR) is 33.5 cm³/mol. The van der Waals surface area contributed by atoms with E-state index in [0.29, 0.717) is 6.29 Å². The molecule has 0 aliphatic heterocycles. The number of aldehydes is 1. The van der Waals surface area contributed by atoms with Gasteiger partial charge < -0.3 is 0 Å². The van der Waals surface area contributed by atoms with E-state index < -0.39 is 0 Å². The SMILES string of the molecule is C=C(C=O)C(=C)N=[N+]=[N-]. The molecule has 0 atom stereocenters. The van der Waals surface area contributed by atoms with E-state index in [1.54, 1.807) is 0 Å². The van der Waals surface area contributed by atoms with Gasteiger partial charge in [0.1, 0.15) is 6.29 Å². The van der Waals surface area contributed by atoms with Crippen LogP contribution < -0.4 is 0 Å². The zero-order valence-corrected chi connectivity index (χ0v) is 4.74. The van der Waals surface area contributed by atoms with E-state index in [2.05, 4.69) is 23.2 Å². The molecule has 46 valence electrons. The Morgan fingerprint density at radius 1 is 1.67 bits per heavy atom. The molecule has 0 aromatic carbocycles. The van der Waals surface area contributed by atoms with Crippen LogP contribution in [0.2, 0.25) is 0 Å². The highest BCUT2D eigenvalue weighted by molar-refractivity contribution is 5.78. The van der Waals surface area contributed by atoms with Crippen LogP contribution >= 0.6 is 0 Å². The highest BCUT2D eigenvalue weighted by Crippen LogP contribution is 2.01. The highest BCUT2D eigenvalue weighted by atomic mass is 16.1. The fourth-order valence-corrected chi connectivity index (χ4v) is 0.186. The monoisotopic (exact) mass is 123 g/mol. The van der Waals surface area contributed by atoms with E-state index in [1.165, 1.54) is 0 Å². The summed E-state index contributed by atoms with van der Waals surface area (Å²) in [6.07, 6.45) is 0.483. The van der Waals surface area contributed by atoms with Crippen LogP contribution in [0.3, 0.4) is 0 Å². The molecule has 0 N–H and O–H groups in total. The largest absolute Gasteiger partial charge is 0.298 e. The van der Waals surface area contributed by atoms with Crippen molar-refractivity contribution in [2.45, 2.75) is 0 Å². The second-order valence-electron chi connectivity index (χ2n) is 1.28. The predicted octanol–water partition coefficient (Wildman–Crippen LogP) is 1.57. The lowest BCUT2D eigenvalue weighted by atomic mass is 10.3. The molecule has 0 aliphatic rings. The molecule has 4 heteroatoms. The van der Waals surface area contributed by atoms with Crippen LogP contribution in [0.5, 0.6) is 0 Å². The fraction of sp³-hybridized carbons (Fsp3) is 0. The third kappa shape index (κ3) is 2.31. The van der Waals surface area contributed by atoms with E-state index in [4.69, 9.17) is 5.53 Å². The minimum atomic E-state index is 0.0625.